The quantitative estimate of drug-likeness (QED) is 0.295. The average Bonchev–Trinajstić information content (AvgIpc) is 2.94. The fourth-order valence-corrected chi connectivity index (χ4v) is 6.29. The van der Waals surface area contributed by atoms with E-state index in [1.165, 1.54) is 12.1 Å². The van der Waals surface area contributed by atoms with Gasteiger partial charge in [0, 0.05) is 23.7 Å². The van der Waals surface area contributed by atoms with Crippen molar-refractivity contribution < 1.29 is 17.9 Å². The molecule has 0 radical (unpaired) electrons. The monoisotopic (exact) mass is 584 g/mol. The maximum atomic E-state index is 14.1. The summed E-state index contributed by atoms with van der Waals surface area (Å²) in [5, 5.41) is 0. The molecule has 0 fully saturated rings. The van der Waals surface area contributed by atoms with E-state index >= 15 is 0 Å². The van der Waals surface area contributed by atoms with Crippen LogP contribution in [-0.2, 0) is 16.6 Å². The maximum Gasteiger partial charge on any atom is 0.264 e. The zero-order chi connectivity index (χ0) is 30.0. The summed E-state index contributed by atoms with van der Waals surface area (Å²) in [5.41, 5.74) is 5.79. The molecule has 0 saturated heterocycles. The summed E-state index contributed by atoms with van der Waals surface area (Å²) in [6.45, 7) is 10.7. The number of rotatable bonds is 5. The first-order valence-corrected chi connectivity index (χ1v) is 15.6. The van der Waals surface area contributed by atoms with Gasteiger partial charge in [0.15, 0.2) is 0 Å². The minimum atomic E-state index is -4.12. The highest BCUT2D eigenvalue weighted by Crippen LogP contribution is 2.30. The molecule has 218 valence electrons. The third-order valence-electron chi connectivity index (χ3n) is 7.40. The third kappa shape index (κ3) is 6.46. The molecule has 42 heavy (non-hydrogen) atoms. The lowest BCUT2D eigenvalue weighted by atomic mass is 10.00. The lowest BCUT2D eigenvalue weighted by Gasteiger charge is -2.33. The molecule has 0 unspecified atom stereocenters. The van der Waals surface area contributed by atoms with Crippen LogP contribution in [0, 0.1) is 26.7 Å². The lowest BCUT2D eigenvalue weighted by molar-refractivity contribution is 0.0553. The van der Waals surface area contributed by atoms with E-state index in [2.05, 4.69) is 28.5 Å². The maximum absolute atomic E-state index is 14.1. The van der Waals surface area contributed by atoms with Crippen LogP contribution in [0.1, 0.15) is 52.9 Å². The van der Waals surface area contributed by atoms with Crippen molar-refractivity contribution in [1.29, 1.82) is 0 Å². The van der Waals surface area contributed by atoms with Gasteiger partial charge in [0.05, 0.1) is 16.6 Å². The van der Waals surface area contributed by atoms with Gasteiger partial charge in [-0.05, 0) is 68.0 Å². The first-order chi connectivity index (χ1) is 20.0. The van der Waals surface area contributed by atoms with Crippen LogP contribution in [0.3, 0.4) is 0 Å². The molecule has 0 saturated carbocycles. The van der Waals surface area contributed by atoms with Gasteiger partial charge in [0.1, 0.15) is 6.61 Å². The van der Waals surface area contributed by atoms with Gasteiger partial charge < -0.3 is 9.64 Å². The van der Waals surface area contributed by atoms with Gasteiger partial charge in [-0.25, -0.2) is 18.1 Å². The summed E-state index contributed by atoms with van der Waals surface area (Å²) in [4.78, 5) is 24.9. The zero-order valence-electron chi connectivity index (χ0n) is 24.6. The fourth-order valence-electron chi connectivity index (χ4n) is 5.30. The minimum absolute atomic E-state index is 0.0492. The van der Waals surface area contributed by atoms with Gasteiger partial charge in [0.25, 0.3) is 15.9 Å². The number of fused-ring (bicyclic) bond motifs is 4. The average molecular weight is 585 g/mol. The van der Waals surface area contributed by atoms with Crippen LogP contribution in [0.2, 0.25) is 0 Å². The molecule has 4 bridgehead atoms. The van der Waals surface area contributed by atoms with Gasteiger partial charge in [-0.15, -0.1) is 0 Å². The Kier molecular flexibility index (Phi) is 8.31. The molecule has 9 heteroatoms. The highest BCUT2D eigenvalue weighted by Gasteiger charge is 2.29. The van der Waals surface area contributed by atoms with Crippen molar-refractivity contribution in [2.45, 2.75) is 58.5 Å². The smallest absolute Gasteiger partial charge is 0.264 e. The molecule has 1 amide bonds. The Balaban J connectivity index is 1.66. The Morgan fingerprint density at radius 1 is 0.952 bits per heavy atom. The fraction of sp³-hybridized carbons (Fsp3) is 0.303. The number of nitrogens with one attached hydrogen (secondary N) is 1. The number of hydrogen-bond acceptors (Lipinski definition) is 6. The number of hydrogen-bond donors (Lipinski definition) is 1. The Morgan fingerprint density at radius 3 is 2.33 bits per heavy atom. The van der Waals surface area contributed by atoms with Gasteiger partial charge in [-0.1, -0.05) is 67.9 Å². The lowest BCUT2D eigenvalue weighted by Crippen LogP contribution is -2.44. The number of nitrogens with zero attached hydrogens (tertiary/aromatic N) is 3. The topological polar surface area (TPSA) is 101 Å². The summed E-state index contributed by atoms with van der Waals surface area (Å²) in [6, 6.07) is 21.5. The minimum Gasteiger partial charge on any atom is -0.475 e. The van der Waals surface area contributed by atoms with Gasteiger partial charge in [-0.2, -0.15) is 4.98 Å². The van der Waals surface area contributed by atoms with Crippen molar-refractivity contribution in [3.05, 3.63) is 101 Å². The van der Waals surface area contributed by atoms with Crippen molar-refractivity contribution in [3.63, 3.8) is 0 Å². The number of benzene rings is 3. The van der Waals surface area contributed by atoms with Gasteiger partial charge in [0.2, 0.25) is 11.8 Å². The molecule has 5 rings (SSSR count). The predicted molar refractivity (Wildman–Crippen MR) is 164 cm³/mol. The molecule has 3 aromatic carbocycles. The van der Waals surface area contributed by atoms with Crippen LogP contribution < -0.4 is 9.46 Å². The predicted octanol–water partition coefficient (Wildman–Crippen LogP) is 6.32. The second kappa shape index (κ2) is 11.9. The number of amides is 1. The first kappa shape index (κ1) is 29.3. The molecule has 0 spiro atoms. The van der Waals surface area contributed by atoms with Crippen molar-refractivity contribution >= 4 is 21.9 Å². The molecule has 1 aromatic heterocycles. The summed E-state index contributed by atoms with van der Waals surface area (Å²) >= 11 is 0. The molecule has 8 nitrogen and oxygen atoms in total. The van der Waals surface area contributed by atoms with Crippen molar-refractivity contribution in [2.24, 2.45) is 5.92 Å². The molecule has 1 aliphatic heterocycles. The molecule has 1 N–H and O–H groups in total. The van der Waals surface area contributed by atoms with E-state index in [0.29, 0.717) is 18.7 Å². The van der Waals surface area contributed by atoms with Crippen LogP contribution >= 0.6 is 0 Å². The second-order valence-electron chi connectivity index (χ2n) is 11.3. The normalized spacial score (nSPS) is 16.6. The van der Waals surface area contributed by atoms with E-state index in [4.69, 9.17) is 4.74 Å². The Hall–Kier alpha value is -4.24. The standard InChI is InChI=1S/C33H36N4O4S/c1-21(2)16-27-20-41-30-18-29(31-23(4)8-6-9-24(31)5)34-33(35-30)36-42(39,40)28-11-7-10-26(17-28)32(38)37(27)19-25-14-12-22(3)13-15-25/h6-15,17-18,21,27H,16,19-20H2,1-5H3,(H,34,35,36)/t27-/m1/s1. The number of aryl methyl sites for hydroxylation is 3. The Morgan fingerprint density at radius 2 is 1.64 bits per heavy atom. The highest BCUT2D eigenvalue weighted by atomic mass is 32.2. The molecular weight excluding hydrogens is 548 g/mol. The molecule has 2 heterocycles. The Bertz CT molecular complexity index is 1700. The number of ether oxygens (including phenoxy) is 1. The second-order valence-corrected chi connectivity index (χ2v) is 13.0. The van der Waals surface area contributed by atoms with E-state index in [-0.39, 0.29) is 46.8 Å². The third-order valence-corrected chi connectivity index (χ3v) is 8.72. The van der Waals surface area contributed by atoms with E-state index in [9.17, 15) is 13.2 Å². The van der Waals surface area contributed by atoms with E-state index in [1.54, 1.807) is 23.1 Å². The van der Waals surface area contributed by atoms with Crippen molar-refractivity contribution in [1.82, 2.24) is 14.9 Å². The van der Waals surface area contributed by atoms with E-state index in [1.807, 2.05) is 63.2 Å². The van der Waals surface area contributed by atoms with E-state index in [0.717, 1.165) is 27.8 Å². The van der Waals surface area contributed by atoms with Gasteiger partial charge in [-0.3, -0.25) is 4.79 Å². The molecular formula is C33H36N4O4S. The Labute approximate surface area is 247 Å². The highest BCUT2D eigenvalue weighted by molar-refractivity contribution is 7.92. The van der Waals surface area contributed by atoms with Crippen LogP contribution in [0.5, 0.6) is 5.88 Å². The summed E-state index contributed by atoms with van der Waals surface area (Å²) < 4.78 is 35.9. The summed E-state index contributed by atoms with van der Waals surface area (Å²) in [5.74, 6) is 0.123. The van der Waals surface area contributed by atoms with Crippen LogP contribution in [0.4, 0.5) is 5.95 Å². The van der Waals surface area contributed by atoms with E-state index < -0.39 is 10.0 Å². The first-order valence-electron chi connectivity index (χ1n) is 14.1. The number of sulfonamides is 1. The van der Waals surface area contributed by atoms with Crippen LogP contribution in [0.25, 0.3) is 11.3 Å². The molecule has 4 aromatic rings. The molecule has 1 atom stereocenters. The number of anilines is 1. The van der Waals surface area contributed by atoms with Crippen LogP contribution in [0.15, 0.2) is 77.7 Å². The van der Waals surface area contributed by atoms with Crippen molar-refractivity contribution in [2.75, 3.05) is 11.3 Å². The van der Waals surface area contributed by atoms with Crippen molar-refractivity contribution in [3.8, 4) is 17.1 Å². The zero-order valence-corrected chi connectivity index (χ0v) is 25.4. The van der Waals surface area contributed by atoms with Gasteiger partial charge >= 0.3 is 0 Å². The summed E-state index contributed by atoms with van der Waals surface area (Å²) in [6.07, 6.45) is 0.676. The molecule has 1 aliphatic rings. The number of carbonyl (C=O) groups excluding carboxylic acids is 1. The summed E-state index contributed by atoms with van der Waals surface area (Å²) in [7, 11) is -4.12. The molecule has 0 aliphatic carbocycles. The largest absolute Gasteiger partial charge is 0.475 e. The van der Waals surface area contributed by atoms with Crippen LogP contribution in [-0.4, -0.2) is 41.8 Å². The number of aromatic nitrogens is 2. The number of carbonyl (C=O) groups is 1. The SMILES string of the molecule is Cc1ccc(CN2C(=O)c3cccc(c3)S(=O)(=O)Nc3nc(cc(-c4c(C)cccc4C)n3)OC[C@H]2CC(C)C)cc1.